The molecule has 1 rings (SSSR count). The summed E-state index contributed by atoms with van der Waals surface area (Å²) in [6, 6.07) is 0.285. The molecular weight excluding hydrogens is 232 g/mol. The molecule has 1 aliphatic carbocycles. The Morgan fingerprint density at radius 1 is 1.39 bits per heavy atom. The van der Waals surface area contributed by atoms with Crippen LogP contribution >= 0.6 is 0 Å². The zero-order chi connectivity index (χ0) is 13.7. The Bertz CT molecular complexity index is 307. The fourth-order valence-corrected chi connectivity index (χ4v) is 2.79. The predicted molar refractivity (Wildman–Crippen MR) is 69.0 cm³/mol. The van der Waals surface area contributed by atoms with Gasteiger partial charge in [0.15, 0.2) is 0 Å². The number of hydrogen-bond acceptors (Lipinski definition) is 3. The van der Waals surface area contributed by atoms with Crippen molar-refractivity contribution in [3.8, 4) is 0 Å². The van der Waals surface area contributed by atoms with Crippen LogP contribution in [-0.2, 0) is 9.59 Å². The van der Waals surface area contributed by atoms with Crippen LogP contribution in [0, 0.1) is 11.8 Å². The number of carbonyl (C=O) groups is 2. The average Bonchev–Trinajstić information content (AvgIpc) is 2.28. The van der Waals surface area contributed by atoms with E-state index in [4.69, 9.17) is 10.8 Å². The van der Waals surface area contributed by atoms with Gasteiger partial charge in [0, 0.05) is 12.6 Å². The summed E-state index contributed by atoms with van der Waals surface area (Å²) >= 11 is 0. The number of amides is 1. The van der Waals surface area contributed by atoms with Crippen molar-refractivity contribution < 1.29 is 14.7 Å². The molecule has 1 fully saturated rings. The summed E-state index contributed by atoms with van der Waals surface area (Å²) in [5, 5.41) is 8.99. The topological polar surface area (TPSA) is 83.6 Å². The minimum Gasteiger partial charge on any atom is -0.481 e. The number of carbonyl (C=O) groups excluding carboxylic acids is 1. The Morgan fingerprint density at radius 3 is 2.50 bits per heavy atom. The van der Waals surface area contributed by atoms with Crippen molar-refractivity contribution in [1.82, 2.24) is 4.90 Å². The van der Waals surface area contributed by atoms with E-state index in [-0.39, 0.29) is 18.5 Å². The Hall–Kier alpha value is -1.10. The first-order valence-electron chi connectivity index (χ1n) is 6.67. The third-order valence-electron chi connectivity index (χ3n) is 3.82. The molecule has 18 heavy (non-hydrogen) atoms. The first-order valence-corrected chi connectivity index (χ1v) is 6.67. The molecule has 3 atom stereocenters. The van der Waals surface area contributed by atoms with Crippen molar-refractivity contribution in [2.24, 2.45) is 17.6 Å². The summed E-state index contributed by atoms with van der Waals surface area (Å²) in [7, 11) is 0. The molecule has 0 aromatic rings. The molecule has 104 valence electrons. The fourth-order valence-electron chi connectivity index (χ4n) is 2.79. The first kappa shape index (κ1) is 15.0. The van der Waals surface area contributed by atoms with Crippen LogP contribution in [0.3, 0.4) is 0 Å². The molecule has 0 bridgehead atoms. The first-order chi connectivity index (χ1) is 8.41. The number of nitrogens with two attached hydrogens (primary N) is 1. The van der Waals surface area contributed by atoms with Crippen molar-refractivity contribution in [3.05, 3.63) is 0 Å². The van der Waals surface area contributed by atoms with E-state index in [0.29, 0.717) is 12.5 Å². The van der Waals surface area contributed by atoms with Crippen LogP contribution in [0.5, 0.6) is 0 Å². The second kappa shape index (κ2) is 6.73. The van der Waals surface area contributed by atoms with E-state index in [1.165, 1.54) is 6.42 Å². The minimum absolute atomic E-state index is 0.159. The number of carboxylic acid groups (broad SMARTS) is 1. The molecule has 1 amide bonds. The Balaban J connectivity index is 2.69. The minimum atomic E-state index is -0.826. The summed E-state index contributed by atoms with van der Waals surface area (Å²) in [5.41, 5.74) is 5.27. The lowest BCUT2D eigenvalue weighted by Gasteiger charge is -2.38. The van der Waals surface area contributed by atoms with E-state index in [9.17, 15) is 9.59 Å². The molecule has 0 spiro atoms. The van der Waals surface area contributed by atoms with Gasteiger partial charge in [0.1, 0.15) is 0 Å². The second-order valence-corrected chi connectivity index (χ2v) is 5.46. The lowest BCUT2D eigenvalue weighted by molar-refractivity contribution is -0.142. The van der Waals surface area contributed by atoms with Crippen molar-refractivity contribution in [1.29, 1.82) is 0 Å². The van der Waals surface area contributed by atoms with Gasteiger partial charge in [-0.3, -0.25) is 14.5 Å². The maximum Gasteiger partial charge on any atom is 0.307 e. The van der Waals surface area contributed by atoms with Crippen molar-refractivity contribution in [2.75, 3.05) is 13.1 Å². The van der Waals surface area contributed by atoms with Gasteiger partial charge in [-0.15, -0.1) is 0 Å². The average molecular weight is 256 g/mol. The number of primary amides is 1. The summed E-state index contributed by atoms with van der Waals surface area (Å²) < 4.78 is 0. The van der Waals surface area contributed by atoms with Gasteiger partial charge in [0.2, 0.25) is 5.91 Å². The molecule has 5 nitrogen and oxygen atoms in total. The normalized spacial score (nSPS) is 25.9. The van der Waals surface area contributed by atoms with Gasteiger partial charge < -0.3 is 10.8 Å². The van der Waals surface area contributed by atoms with Crippen molar-refractivity contribution in [2.45, 2.75) is 45.6 Å². The Kier molecular flexibility index (Phi) is 5.59. The van der Waals surface area contributed by atoms with Crippen LogP contribution < -0.4 is 5.73 Å². The summed E-state index contributed by atoms with van der Waals surface area (Å²) in [6.07, 6.45) is 4.53. The number of rotatable bonds is 6. The van der Waals surface area contributed by atoms with E-state index < -0.39 is 11.9 Å². The van der Waals surface area contributed by atoms with Crippen LogP contribution in [0.4, 0.5) is 0 Å². The quantitative estimate of drug-likeness (QED) is 0.744. The van der Waals surface area contributed by atoms with Crippen LogP contribution in [-0.4, -0.2) is 41.0 Å². The highest BCUT2D eigenvalue weighted by atomic mass is 16.4. The van der Waals surface area contributed by atoms with Crippen LogP contribution in [0.15, 0.2) is 0 Å². The standard InChI is InChI=1S/C13H24N2O3/c1-9-5-3-4-6-11(9)15(8-12(14)16)7-10(2)13(17)18/h9-11H,3-8H2,1-2H3,(H2,14,16)(H,17,18). The van der Waals surface area contributed by atoms with Gasteiger partial charge in [-0.2, -0.15) is 0 Å². The maximum absolute atomic E-state index is 11.1. The fraction of sp³-hybridized carbons (Fsp3) is 0.846. The Labute approximate surface area is 108 Å². The van der Waals surface area contributed by atoms with Gasteiger partial charge in [0.25, 0.3) is 0 Å². The van der Waals surface area contributed by atoms with Crippen LogP contribution in [0.2, 0.25) is 0 Å². The number of nitrogens with zero attached hydrogens (tertiary/aromatic N) is 1. The van der Waals surface area contributed by atoms with E-state index in [1.54, 1.807) is 6.92 Å². The molecule has 0 saturated heterocycles. The van der Waals surface area contributed by atoms with Crippen LogP contribution in [0.25, 0.3) is 0 Å². The lowest BCUT2D eigenvalue weighted by atomic mass is 9.84. The highest BCUT2D eigenvalue weighted by molar-refractivity contribution is 5.76. The van der Waals surface area contributed by atoms with Crippen LogP contribution in [0.1, 0.15) is 39.5 Å². The molecule has 0 aromatic carbocycles. The molecule has 1 saturated carbocycles. The van der Waals surface area contributed by atoms with Crippen molar-refractivity contribution >= 4 is 11.9 Å². The zero-order valence-corrected chi connectivity index (χ0v) is 11.3. The highest BCUT2D eigenvalue weighted by Gasteiger charge is 2.30. The maximum atomic E-state index is 11.1. The molecule has 0 heterocycles. The molecule has 1 aliphatic rings. The van der Waals surface area contributed by atoms with E-state index in [0.717, 1.165) is 19.3 Å². The summed E-state index contributed by atoms with van der Waals surface area (Å²) in [5.74, 6) is -1.18. The molecule has 3 N–H and O–H groups in total. The summed E-state index contributed by atoms with van der Waals surface area (Å²) in [6.45, 7) is 4.40. The molecule has 0 aromatic heterocycles. The molecule has 3 unspecified atom stereocenters. The molecule has 0 aliphatic heterocycles. The molecule has 5 heteroatoms. The second-order valence-electron chi connectivity index (χ2n) is 5.46. The smallest absolute Gasteiger partial charge is 0.307 e. The number of hydrogen-bond donors (Lipinski definition) is 2. The predicted octanol–water partition coefficient (Wildman–Crippen LogP) is 1.07. The van der Waals surface area contributed by atoms with Gasteiger partial charge >= 0.3 is 5.97 Å². The lowest BCUT2D eigenvalue weighted by Crippen LogP contribution is -2.48. The third kappa shape index (κ3) is 4.29. The monoisotopic (exact) mass is 256 g/mol. The Morgan fingerprint density at radius 2 is 2.00 bits per heavy atom. The van der Waals surface area contributed by atoms with Gasteiger partial charge in [-0.25, -0.2) is 0 Å². The van der Waals surface area contributed by atoms with Crippen molar-refractivity contribution in [3.63, 3.8) is 0 Å². The molecular formula is C13H24N2O3. The largest absolute Gasteiger partial charge is 0.481 e. The molecule has 0 radical (unpaired) electrons. The third-order valence-corrected chi connectivity index (χ3v) is 3.82. The zero-order valence-electron chi connectivity index (χ0n) is 11.3. The van der Waals surface area contributed by atoms with E-state index in [1.807, 2.05) is 4.90 Å². The van der Waals surface area contributed by atoms with E-state index in [2.05, 4.69) is 6.92 Å². The summed E-state index contributed by atoms with van der Waals surface area (Å²) in [4.78, 5) is 24.0. The number of carboxylic acids is 1. The van der Waals surface area contributed by atoms with Gasteiger partial charge in [-0.1, -0.05) is 26.7 Å². The van der Waals surface area contributed by atoms with Gasteiger partial charge in [-0.05, 0) is 18.8 Å². The van der Waals surface area contributed by atoms with E-state index >= 15 is 0 Å². The SMILES string of the molecule is CC(CN(CC(N)=O)C1CCCCC1C)C(=O)O. The highest BCUT2D eigenvalue weighted by Crippen LogP contribution is 2.28. The van der Waals surface area contributed by atoms with Gasteiger partial charge in [0.05, 0.1) is 12.5 Å². The number of aliphatic carboxylic acids is 1.